The molecule has 14 nitrogen and oxygen atoms in total. The Hall–Kier alpha value is -3.13. The van der Waals surface area contributed by atoms with Gasteiger partial charge in [-0.15, -0.1) is 0 Å². The summed E-state index contributed by atoms with van der Waals surface area (Å²) in [5.41, 5.74) is -6.59. The van der Waals surface area contributed by atoms with E-state index in [4.69, 9.17) is 18.9 Å². The van der Waals surface area contributed by atoms with Gasteiger partial charge in [0.2, 0.25) is 0 Å². The molecule has 4 N–H and O–H groups in total. The Balaban J connectivity index is 5.48. The van der Waals surface area contributed by atoms with E-state index in [0.29, 0.717) is 19.6 Å². The van der Waals surface area contributed by atoms with Crippen LogP contribution in [-0.2, 0) is 28.5 Å². The second-order valence-corrected chi connectivity index (χ2v) is 14.7. The Labute approximate surface area is 268 Å². The maximum atomic E-state index is 13.7. The van der Waals surface area contributed by atoms with Crippen molar-refractivity contribution >= 4 is 30.2 Å². The lowest BCUT2D eigenvalue weighted by Crippen LogP contribution is -2.67. The number of rotatable bonds is 15. The predicted molar refractivity (Wildman–Crippen MR) is 169 cm³/mol. The molecule has 0 aliphatic rings. The van der Waals surface area contributed by atoms with Gasteiger partial charge in [0.1, 0.15) is 22.4 Å². The summed E-state index contributed by atoms with van der Waals surface area (Å²) in [6.45, 7) is 21.8. The zero-order chi connectivity index (χ0) is 35.3. The number of esters is 2. The van der Waals surface area contributed by atoms with E-state index in [9.17, 15) is 29.1 Å². The number of carbonyl (C=O) groups is 5. The van der Waals surface area contributed by atoms with Gasteiger partial charge in [-0.2, -0.15) is 4.90 Å². The number of amides is 3. The van der Waals surface area contributed by atoms with Crippen LogP contribution < -0.4 is 16.0 Å². The molecule has 0 saturated heterocycles. The van der Waals surface area contributed by atoms with Gasteiger partial charge in [-0.3, -0.25) is 0 Å². The minimum absolute atomic E-state index is 0.0190. The van der Waals surface area contributed by atoms with Crippen LogP contribution in [0.5, 0.6) is 0 Å². The predicted octanol–water partition coefficient (Wildman–Crippen LogP) is 4.59. The molecule has 14 heteroatoms. The van der Waals surface area contributed by atoms with E-state index < -0.39 is 64.6 Å². The number of imide groups is 1. The van der Waals surface area contributed by atoms with Gasteiger partial charge in [0.05, 0.1) is 0 Å². The van der Waals surface area contributed by atoms with Crippen LogP contribution in [0, 0.1) is 0 Å². The van der Waals surface area contributed by atoms with Gasteiger partial charge < -0.3 is 40.0 Å². The molecule has 45 heavy (non-hydrogen) atoms. The van der Waals surface area contributed by atoms with Crippen molar-refractivity contribution in [1.29, 1.82) is 0 Å². The standard InChI is InChI=1S/C31H58N4O10/c1-27(2,3)42-22(36)31(23(37)43-28(4,5)6,35(25(39)40)26(41)45-30(10,11)12)16-21-33-18-14-13-17-32-19-15-20-34-24(38)44-29(7,8)9/h32-33H,13-21H2,1-12H3,(H,34,38)(H,39,40). The summed E-state index contributed by atoms with van der Waals surface area (Å²) in [7, 11) is 0. The summed E-state index contributed by atoms with van der Waals surface area (Å²) < 4.78 is 21.5. The number of carbonyl (C=O) groups excluding carboxylic acids is 4. The van der Waals surface area contributed by atoms with Crippen molar-refractivity contribution in [2.45, 2.75) is 137 Å². The van der Waals surface area contributed by atoms with Crippen molar-refractivity contribution in [3.05, 3.63) is 0 Å². The van der Waals surface area contributed by atoms with Crippen LogP contribution in [0.15, 0.2) is 0 Å². The molecule has 0 heterocycles. The molecule has 0 aromatic rings. The van der Waals surface area contributed by atoms with Crippen molar-refractivity contribution < 1.29 is 48.0 Å². The number of hydrogen-bond donors (Lipinski definition) is 4. The van der Waals surface area contributed by atoms with Gasteiger partial charge in [-0.1, -0.05) is 0 Å². The van der Waals surface area contributed by atoms with Crippen molar-refractivity contribution in [2.75, 3.05) is 32.7 Å². The summed E-state index contributed by atoms with van der Waals surface area (Å²) in [6.07, 6.45) is -1.92. The molecule has 0 rings (SSSR count). The molecule has 0 aromatic carbocycles. The first-order chi connectivity index (χ1) is 20.3. The fraction of sp³-hybridized carbons (Fsp3) is 0.839. The quantitative estimate of drug-likeness (QED) is 0.0842. The number of nitrogens with zero attached hydrogens (tertiary/aromatic N) is 1. The Morgan fingerprint density at radius 1 is 0.556 bits per heavy atom. The number of hydrogen-bond acceptors (Lipinski definition) is 11. The molecule has 0 radical (unpaired) electrons. The molecule has 0 spiro atoms. The van der Waals surface area contributed by atoms with Crippen LogP contribution in [0.1, 0.15) is 109 Å². The summed E-state index contributed by atoms with van der Waals surface area (Å²) in [5.74, 6) is -2.49. The smallest absolute Gasteiger partial charge is 0.421 e. The van der Waals surface area contributed by atoms with Gasteiger partial charge in [0.25, 0.3) is 5.54 Å². The van der Waals surface area contributed by atoms with Crippen molar-refractivity contribution in [2.24, 2.45) is 0 Å². The minimum Gasteiger partial charge on any atom is -0.464 e. The summed E-state index contributed by atoms with van der Waals surface area (Å²) in [6, 6.07) is 0. The molecule has 0 atom stereocenters. The number of nitrogens with one attached hydrogen (secondary N) is 3. The van der Waals surface area contributed by atoms with Crippen molar-refractivity contribution in [3.63, 3.8) is 0 Å². The van der Waals surface area contributed by atoms with Crippen LogP contribution in [-0.4, -0.2) is 101 Å². The molecule has 0 saturated carbocycles. The lowest BCUT2D eigenvalue weighted by atomic mass is 9.92. The molecule has 0 aliphatic carbocycles. The van der Waals surface area contributed by atoms with Crippen LogP contribution in [0.2, 0.25) is 0 Å². The highest BCUT2D eigenvalue weighted by Crippen LogP contribution is 2.31. The van der Waals surface area contributed by atoms with Crippen LogP contribution >= 0.6 is 0 Å². The third kappa shape index (κ3) is 17.8. The number of carboxylic acid groups (broad SMARTS) is 1. The summed E-state index contributed by atoms with van der Waals surface area (Å²) in [4.78, 5) is 65.0. The Morgan fingerprint density at radius 3 is 1.36 bits per heavy atom. The third-order valence-corrected chi connectivity index (χ3v) is 5.44. The SMILES string of the molecule is CC(C)(C)OC(=O)NCCCNCCCCNCCC(C(=O)OC(C)(C)C)(C(=O)OC(C)(C)C)N(C(=O)O)C(=O)OC(C)(C)C. The zero-order valence-electron chi connectivity index (χ0n) is 29.4. The molecule has 0 unspecified atom stereocenters. The fourth-order valence-electron chi connectivity index (χ4n) is 3.75. The first-order valence-electron chi connectivity index (χ1n) is 15.4. The van der Waals surface area contributed by atoms with Crippen molar-refractivity contribution in [3.8, 4) is 0 Å². The van der Waals surface area contributed by atoms with Crippen LogP contribution in [0.25, 0.3) is 0 Å². The second kappa shape index (κ2) is 17.5. The highest BCUT2D eigenvalue weighted by Gasteiger charge is 2.61. The van der Waals surface area contributed by atoms with E-state index in [2.05, 4.69) is 16.0 Å². The highest BCUT2D eigenvalue weighted by atomic mass is 16.6. The molecule has 0 aliphatic heterocycles. The van der Waals surface area contributed by atoms with E-state index in [0.717, 1.165) is 25.8 Å². The van der Waals surface area contributed by atoms with Gasteiger partial charge in [0.15, 0.2) is 0 Å². The highest BCUT2D eigenvalue weighted by molar-refractivity contribution is 6.11. The van der Waals surface area contributed by atoms with Gasteiger partial charge in [0, 0.05) is 13.0 Å². The van der Waals surface area contributed by atoms with Crippen LogP contribution in [0.3, 0.4) is 0 Å². The lowest BCUT2D eigenvalue weighted by Gasteiger charge is -2.40. The van der Waals surface area contributed by atoms with Gasteiger partial charge >= 0.3 is 30.2 Å². The molecule has 0 bridgehead atoms. The van der Waals surface area contributed by atoms with Crippen molar-refractivity contribution in [1.82, 2.24) is 20.9 Å². The largest absolute Gasteiger partial charge is 0.464 e. The molecule has 0 fully saturated rings. The van der Waals surface area contributed by atoms with Crippen LogP contribution in [0.4, 0.5) is 14.4 Å². The van der Waals surface area contributed by atoms with E-state index in [1.165, 1.54) is 20.8 Å². The average molecular weight is 647 g/mol. The summed E-state index contributed by atoms with van der Waals surface area (Å²) >= 11 is 0. The molecular weight excluding hydrogens is 588 g/mol. The molecule has 262 valence electrons. The maximum absolute atomic E-state index is 13.7. The Kier molecular flexibility index (Phi) is 16.3. The second-order valence-electron chi connectivity index (χ2n) is 14.7. The lowest BCUT2D eigenvalue weighted by molar-refractivity contribution is -0.186. The van der Waals surface area contributed by atoms with E-state index in [1.807, 2.05) is 0 Å². The molecular formula is C31H58N4O10. The number of unbranched alkanes of at least 4 members (excludes halogenated alkanes) is 1. The monoisotopic (exact) mass is 646 g/mol. The third-order valence-electron chi connectivity index (χ3n) is 5.44. The Bertz CT molecular complexity index is 960. The Morgan fingerprint density at radius 2 is 0.956 bits per heavy atom. The topological polar surface area (TPSA) is 182 Å². The van der Waals surface area contributed by atoms with Gasteiger partial charge in [-0.05, 0) is 129 Å². The fourth-order valence-corrected chi connectivity index (χ4v) is 3.75. The minimum atomic E-state index is -2.68. The van der Waals surface area contributed by atoms with E-state index in [-0.39, 0.29) is 11.4 Å². The van der Waals surface area contributed by atoms with E-state index >= 15 is 0 Å². The zero-order valence-corrected chi connectivity index (χ0v) is 29.4. The first-order valence-corrected chi connectivity index (χ1v) is 15.4. The molecule has 3 amide bonds. The normalized spacial score (nSPS) is 12.6. The number of ether oxygens (including phenoxy) is 4. The summed E-state index contributed by atoms with van der Waals surface area (Å²) in [5, 5.41) is 19.3. The first kappa shape index (κ1) is 41.9. The molecule has 0 aromatic heterocycles. The average Bonchev–Trinajstić information content (AvgIpc) is 2.78. The maximum Gasteiger partial charge on any atom is 0.421 e. The van der Waals surface area contributed by atoms with Gasteiger partial charge in [-0.25, -0.2) is 24.0 Å². The number of alkyl carbamates (subject to hydrolysis) is 1. The van der Waals surface area contributed by atoms with E-state index in [1.54, 1.807) is 62.3 Å².